The SMILES string of the molecule is CCN(CC)C(C)c1cc([N+](=O)[O-])ccc1Oc1ccc([N+](=O)[O-])cc1C(C)N(CC)CC. The number of nitro groups is 2. The smallest absolute Gasteiger partial charge is 0.270 e. The highest BCUT2D eigenvalue weighted by Gasteiger charge is 2.24. The molecule has 33 heavy (non-hydrogen) atoms. The number of nitro benzene ring substituents is 2. The zero-order valence-corrected chi connectivity index (χ0v) is 20.3. The lowest BCUT2D eigenvalue weighted by molar-refractivity contribution is -0.385. The maximum atomic E-state index is 11.4. The summed E-state index contributed by atoms with van der Waals surface area (Å²) < 4.78 is 6.33. The third-order valence-corrected chi connectivity index (χ3v) is 6.25. The van der Waals surface area contributed by atoms with Gasteiger partial charge in [0, 0.05) is 47.5 Å². The Hall–Kier alpha value is -3.04. The molecule has 0 aromatic heterocycles. The lowest BCUT2D eigenvalue weighted by Gasteiger charge is -2.30. The summed E-state index contributed by atoms with van der Waals surface area (Å²) in [6.07, 6.45) is 0. The van der Waals surface area contributed by atoms with Gasteiger partial charge in [0.2, 0.25) is 0 Å². The predicted octanol–water partition coefficient (Wildman–Crippen LogP) is 6.10. The quantitative estimate of drug-likeness (QED) is 0.280. The van der Waals surface area contributed by atoms with Gasteiger partial charge in [0.1, 0.15) is 11.5 Å². The van der Waals surface area contributed by atoms with Crippen molar-refractivity contribution in [3.63, 3.8) is 0 Å². The second-order valence-electron chi connectivity index (χ2n) is 7.85. The Kier molecular flexibility index (Phi) is 9.31. The number of ether oxygens (including phenoxy) is 1. The molecule has 2 aromatic rings. The third-order valence-electron chi connectivity index (χ3n) is 6.25. The Morgan fingerprint density at radius 2 is 1.06 bits per heavy atom. The molecule has 0 bridgehead atoms. The maximum absolute atomic E-state index is 11.4. The molecule has 2 unspecified atom stereocenters. The van der Waals surface area contributed by atoms with Crippen LogP contribution in [0.25, 0.3) is 0 Å². The van der Waals surface area contributed by atoms with Gasteiger partial charge in [-0.2, -0.15) is 0 Å². The molecule has 9 heteroatoms. The lowest BCUT2D eigenvalue weighted by atomic mass is 10.0. The van der Waals surface area contributed by atoms with Crippen molar-refractivity contribution >= 4 is 11.4 Å². The molecule has 0 amide bonds. The first kappa shape index (κ1) is 26.2. The Morgan fingerprint density at radius 1 is 0.727 bits per heavy atom. The molecule has 0 N–H and O–H groups in total. The van der Waals surface area contributed by atoms with Crippen LogP contribution < -0.4 is 4.74 Å². The van der Waals surface area contributed by atoms with E-state index in [-0.39, 0.29) is 23.5 Å². The molecule has 0 spiro atoms. The highest BCUT2D eigenvalue weighted by molar-refractivity contribution is 5.51. The minimum absolute atomic E-state index is 0.00297. The molecule has 0 saturated heterocycles. The van der Waals surface area contributed by atoms with Gasteiger partial charge in [-0.15, -0.1) is 0 Å². The van der Waals surface area contributed by atoms with E-state index in [0.29, 0.717) is 22.6 Å². The van der Waals surface area contributed by atoms with E-state index in [1.54, 1.807) is 24.3 Å². The Labute approximate surface area is 195 Å². The van der Waals surface area contributed by atoms with Gasteiger partial charge in [-0.05, 0) is 52.2 Å². The van der Waals surface area contributed by atoms with Crippen LogP contribution in [-0.2, 0) is 0 Å². The van der Waals surface area contributed by atoms with Gasteiger partial charge in [0.15, 0.2) is 0 Å². The van der Waals surface area contributed by atoms with Gasteiger partial charge in [0.05, 0.1) is 9.85 Å². The summed E-state index contributed by atoms with van der Waals surface area (Å²) in [6, 6.07) is 8.95. The average molecular weight is 459 g/mol. The van der Waals surface area contributed by atoms with E-state index >= 15 is 0 Å². The minimum atomic E-state index is -0.415. The maximum Gasteiger partial charge on any atom is 0.270 e. The van der Waals surface area contributed by atoms with E-state index in [1.165, 1.54) is 12.1 Å². The molecule has 0 fully saturated rings. The summed E-state index contributed by atoms with van der Waals surface area (Å²) in [5.74, 6) is 1.00. The van der Waals surface area contributed by atoms with E-state index in [1.807, 2.05) is 41.5 Å². The van der Waals surface area contributed by atoms with Gasteiger partial charge in [-0.3, -0.25) is 30.0 Å². The topological polar surface area (TPSA) is 102 Å². The van der Waals surface area contributed by atoms with Gasteiger partial charge in [0.25, 0.3) is 11.4 Å². The fourth-order valence-corrected chi connectivity index (χ4v) is 4.19. The van der Waals surface area contributed by atoms with Gasteiger partial charge in [-0.25, -0.2) is 0 Å². The first-order valence-electron chi connectivity index (χ1n) is 11.4. The van der Waals surface area contributed by atoms with Gasteiger partial charge in [-0.1, -0.05) is 27.7 Å². The normalized spacial score (nSPS) is 13.2. The van der Waals surface area contributed by atoms with Crippen LogP contribution in [0.2, 0.25) is 0 Å². The van der Waals surface area contributed by atoms with Crippen molar-refractivity contribution in [2.75, 3.05) is 26.2 Å². The average Bonchev–Trinajstić information content (AvgIpc) is 2.80. The van der Waals surface area contributed by atoms with Crippen LogP contribution in [0.15, 0.2) is 36.4 Å². The standard InChI is InChI=1S/C24H34N4O5/c1-7-25(8-2)17(5)21-15-19(27(29)30)11-13-23(21)33-24-14-12-20(28(31)32)16-22(24)18(6)26(9-3)10-4/h11-18H,7-10H2,1-6H3. The predicted molar refractivity (Wildman–Crippen MR) is 129 cm³/mol. The van der Waals surface area contributed by atoms with Crippen LogP contribution in [0, 0.1) is 20.2 Å². The molecule has 0 radical (unpaired) electrons. The Balaban J connectivity index is 2.61. The molecule has 180 valence electrons. The monoisotopic (exact) mass is 458 g/mol. The van der Waals surface area contributed by atoms with Crippen molar-refractivity contribution in [2.45, 2.75) is 53.6 Å². The van der Waals surface area contributed by atoms with E-state index in [4.69, 9.17) is 4.74 Å². The fraction of sp³-hybridized carbons (Fsp3) is 0.500. The molecular formula is C24H34N4O5. The van der Waals surface area contributed by atoms with Crippen molar-refractivity contribution < 1.29 is 14.6 Å². The zero-order chi connectivity index (χ0) is 24.7. The van der Waals surface area contributed by atoms with Crippen molar-refractivity contribution in [1.29, 1.82) is 0 Å². The Morgan fingerprint density at radius 3 is 1.33 bits per heavy atom. The summed E-state index contributed by atoms with van der Waals surface area (Å²) in [6.45, 7) is 15.3. The second kappa shape index (κ2) is 11.7. The molecule has 2 rings (SSSR count). The third kappa shape index (κ3) is 6.06. The summed E-state index contributed by atoms with van der Waals surface area (Å²) in [5, 5.41) is 22.8. The number of non-ortho nitro benzene ring substituents is 2. The summed E-state index contributed by atoms with van der Waals surface area (Å²) in [4.78, 5) is 26.4. The molecule has 0 saturated carbocycles. The van der Waals surface area contributed by atoms with Crippen molar-refractivity contribution in [3.05, 3.63) is 67.8 Å². The number of rotatable bonds is 12. The molecule has 2 atom stereocenters. The Bertz CT molecular complexity index is 896. The molecule has 9 nitrogen and oxygen atoms in total. The van der Waals surface area contributed by atoms with Crippen LogP contribution in [0.5, 0.6) is 11.5 Å². The summed E-state index contributed by atoms with van der Waals surface area (Å²) in [7, 11) is 0. The molecule has 0 heterocycles. The number of hydrogen-bond donors (Lipinski definition) is 0. The number of nitrogens with zero attached hydrogens (tertiary/aromatic N) is 4. The number of hydrogen-bond acceptors (Lipinski definition) is 7. The first-order valence-corrected chi connectivity index (χ1v) is 11.4. The molecule has 0 aliphatic carbocycles. The second-order valence-corrected chi connectivity index (χ2v) is 7.85. The summed E-state index contributed by atoms with van der Waals surface area (Å²) >= 11 is 0. The van der Waals surface area contributed by atoms with Gasteiger partial charge >= 0.3 is 0 Å². The highest BCUT2D eigenvalue weighted by Crippen LogP contribution is 2.39. The van der Waals surface area contributed by atoms with Crippen LogP contribution in [0.3, 0.4) is 0 Å². The van der Waals surface area contributed by atoms with Crippen LogP contribution in [0.4, 0.5) is 11.4 Å². The molecule has 0 aliphatic heterocycles. The van der Waals surface area contributed by atoms with Crippen LogP contribution in [0.1, 0.15) is 64.8 Å². The number of benzene rings is 2. The van der Waals surface area contributed by atoms with E-state index in [9.17, 15) is 20.2 Å². The first-order chi connectivity index (χ1) is 15.7. The van der Waals surface area contributed by atoms with E-state index in [2.05, 4.69) is 9.80 Å². The lowest BCUT2D eigenvalue weighted by Crippen LogP contribution is -2.27. The van der Waals surface area contributed by atoms with Gasteiger partial charge < -0.3 is 4.74 Å². The molecule has 2 aromatic carbocycles. The van der Waals surface area contributed by atoms with Crippen molar-refractivity contribution in [3.8, 4) is 11.5 Å². The molecule has 0 aliphatic rings. The van der Waals surface area contributed by atoms with E-state index < -0.39 is 9.85 Å². The fourth-order valence-electron chi connectivity index (χ4n) is 4.19. The van der Waals surface area contributed by atoms with Crippen LogP contribution >= 0.6 is 0 Å². The summed E-state index contributed by atoms with van der Waals surface area (Å²) in [5.41, 5.74) is 1.40. The minimum Gasteiger partial charge on any atom is -0.457 e. The molecular weight excluding hydrogens is 424 g/mol. The van der Waals surface area contributed by atoms with Crippen molar-refractivity contribution in [2.24, 2.45) is 0 Å². The van der Waals surface area contributed by atoms with Crippen LogP contribution in [-0.4, -0.2) is 45.8 Å². The van der Waals surface area contributed by atoms with E-state index in [0.717, 1.165) is 26.2 Å². The zero-order valence-electron chi connectivity index (χ0n) is 20.3. The van der Waals surface area contributed by atoms with Crippen molar-refractivity contribution in [1.82, 2.24) is 9.80 Å². The largest absolute Gasteiger partial charge is 0.457 e. The highest BCUT2D eigenvalue weighted by atomic mass is 16.6.